The number of benzene rings is 1. The summed E-state index contributed by atoms with van der Waals surface area (Å²) in [5, 5.41) is 3.96. The summed E-state index contributed by atoms with van der Waals surface area (Å²) in [5.41, 5.74) is 1.26. The molecule has 28 heavy (non-hydrogen) atoms. The van der Waals surface area contributed by atoms with E-state index in [1.165, 1.54) is 6.07 Å². The summed E-state index contributed by atoms with van der Waals surface area (Å²) in [7, 11) is 0. The van der Waals surface area contributed by atoms with Crippen LogP contribution in [0.3, 0.4) is 0 Å². The first-order chi connectivity index (χ1) is 13.1. The molecule has 0 unspecified atom stereocenters. The lowest BCUT2D eigenvalue weighted by Crippen LogP contribution is -2.46. The quantitative estimate of drug-likeness (QED) is 0.772. The van der Waals surface area contributed by atoms with Crippen LogP contribution in [0.1, 0.15) is 42.1 Å². The van der Waals surface area contributed by atoms with Gasteiger partial charge in [0.1, 0.15) is 0 Å². The van der Waals surface area contributed by atoms with Crippen LogP contribution in [0.4, 0.5) is 0 Å². The molecule has 0 radical (unpaired) electrons. The summed E-state index contributed by atoms with van der Waals surface area (Å²) >= 11 is 6.23. The minimum atomic E-state index is -0.143. The molecule has 152 valence electrons. The van der Waals surface area contributed by atoms with Crippen molar-refractivity contribution < 1.29 is 4.79 Å². The Bertz CT molecular complexity index is 848. The van der Waals surface area contributed by atoms with Crippen LogP contribution in [0.15, 0.2) is 47.4 Å². The fraction of sp³-hybridized carbons (Fsp3) is 0.429. The number of nitrogens with one attached hydrogen (secondary N) is 1. The molecular weight excluding hydrogens is 397 g/mol. The average Bonchev–Trinajstić information content (AvgIpc) is 2.69. The van der Waals surface area contributed by atoms with Gasteiger partial charge in [0.2, 0.25) is 0 Å². The number of aromatic nitrogens is 1. The average molecular weight is 424 g/mol. The van der Waals surface area contributed by atoms with Crippen LogP contribution in [0.5, 0.6) is 0 Å². The van der Waals surface area contributed by atoms with E-state index in [0.29, 0.717) is 17.1 Å². The van der Waals surface area contributed by atoms with Crippen LogP contribution in [0.2, 0.25) is 5.02 Å². The summed E-state index contributed by atoms with van der Waals surface area (Å²) in [6.07, 6.45) is 4.50. The molecule has 1 saturated heterocycles. The fourth-order valence-corrected chi connectivity index (χ4v) is 3.76. The molecule has 5 nitrogen and oxygen atoms in total. The molecule has 2 heterocycles. The number of hydrogen-bond donors (Lipinski definition) is 1. The second-order valence-corrected chi connectivity index (χ2v) is 7.36. The summed E-state index contributed by atoms with van der Waals surface area (Å²) in [4.78, 5) is 27.4. The lowest BCUT2D eigenvalue weighted by molar-refractivity contribution is 0.0641. The molecule has 1 amide bonds. The Morgan fingerprint density at radius 2 is 1.93 bits per heavy atom. The van der Waals surface area contributed by atoms with Crippen LogP contribution >= 0.6 is 24.0 Å². The first kappa shape index (κ1) is 22.5. The van der Waals surface area contributed by atoms with Gasteiger partial charge in [-0.05, 0) is 50.0 Å². The summed E-state index contributed by atoms with van der Waals surface area (Å²) in [6, 6.07) is 10.8. The van der Waals surface area contributed by atoms with Crippen molar-refractivity contribution in [3.63, 3.8) is 0 Å². The predicted octanol–water partition coefficient (Wildman–Crippen LogP) is 3.58. The fourth-order valence-electron chi connectivity index (χ4n) is 3.57. The number of nitrogens with zero attached hydrogens (tertiary/aromatic N) is 2. The zero-order chi connectivity index (χ0) is 19.2. The molecule has 7 heteroatoms. The minimum Gasteiger partial charge on any atom is -0.336 e. The van der Waals surface area contributed by atoms with Crippen LogP contribution < -0.4 is 10.9 Å². The van der Waals surface area contributed by atoms with Crippen molar-refractivity contribution in [3.8, 4) is 0 Å². The van der Waals surface area contributed by atoms with Crippen molar-refractivity contribution in [3.05, 3.63) is 69.1 Å². The maximum atomic E-state index is 13.2. The van der Waals surface area contributed by atoms with Gasteiger partial charge in [-0.15, -0.1) is 12.4 Å². The number of piperidine rings is 1. The van der Waals surface area contributed by atoms with Crippen molar-refractivity contribution in [2.24, 2.45) is 0 Å². The maximum absolute atomic E-state index is 13.2. The molecule has 1 aliphatic rings. The molecule has 0 aliphatic carbocycles. The molecule has 0 bridgehead atoms. The SMILES string of the molecule is CCCN(C(=O)c1ccc(=O)n(Cc2ccccc2Cl)c1)C1CCNCC1.Cl. The topological polar surface area (TPSA) is 54.3 Å². The van der Waals surface area contributed by atoms with E-state index in [0.717, 1.165) is 44.5 Å². The molecule has 1 aliphatic heterocycles. The number of rotatable bonds is 6. The number of hydrogen-bond acceptors (Lipinski definition) is 3. The van der Waals surface area contributed by atoms with Crippen molar-refractivity contribution in [2.75, 3.05) is 19.6 Å². The molecule has 2 aromatic rings. The van der Waals surface area contributed by atoms with Gasteiger partial charge in [0.05, 0.1) is 12.1 Å². The van der Waals surface area contributed by atoms with E-state index in [1.54, 1.807) is 22.9 Å². The Labute approximate surface area is 177 Å². The Morgan fingerprint density at radius 1 is 1.21 bits per heavy atom. The van der Waals surface area contributed by atoms with Gasteiger partial charge in [-0.25, -0.2) is 0 Å². The van der Waals surface area contributed by atoms with E-state index in [2.05, 4.69) is 12.2 Å². The molecule has 0 spiro atoms. The van der Waals surface area contributed by atoms with Crippen LogP contribution in [0.25, 0.3) is 0 Å². The Hall–Kier alpha value is -1.82. The largest absolute Gasteiger partial charge is 0.336 e. The Morgan fingerprint density at radius 3 is 2.61 bits per heavy atom. The van der Waals surface area contributed by atoms with Crippen LogP contribution in [-0.4, -0.2) is 41.1 Å². The molecule has 3 rings (SSSR count). The number of carbonyl (C=O) groups is 1. The second-order valence-electron chi connectivity index (χ2n) is 6.96. The second kappa shape index (κ2) is 10.6. The van der Waals surface area contributed by atoms with Crippen LogP contribution in [0, 0.1) is 0 Å². The molecule has 1 aromatic heterocycles. The first-order valence-electron chi connectivity index (χ1n) is 9.55. The standard InChI is InChI=1S/C21H26ClN3O2.ClH/c1-2-13-25(18-9-11-23-12-10-18)21(27)17-7-8-20(26)24(15-17)14-16-5-3-4-6-19(16)22;/h3-8,15,18,23H,2,9-14H2,1H3;1H. The number of halogens is 2. The van der Waals surface area contributed by atoms with Crippen molar-refractivity contribution in [2.45, 2.75) is 38.8 Å². The van der Waals surface area contributed by atoms with Gasteiger partial charge >= 0.3 is 0 Å². The molecule has 1 N–H and O–H groups in total. The van der Waals surface area contributed by atoms with Gasteiger partial charge in [0.25, 0.3) is 11.5 Å². The van der Waals surface area contributed by atoms with Gasteiger partial charge in [-0.3, -0.25) is 9.59 Å². The van der Waals surface area contributed by atoms with Crippen molar-refractivity contribution in [1.29, 1.82) is 0 Å². The molecule has 1 fully saturated rings. The van der Waals surface area contributed by atoms with Gasteiger partial charge in [-0.2, -0.15) is 0 Å². The summed E-state index contributed by atoms with van der Waals surface area (Å²) < 4.78 is 1.56. The predicted molar refractivity (Wildman–Crippen MR) is 116 cm³/mol. The molecule has 0 saturated carbocycles. The van der Waals surface area contributed by atoms with E-state index >= 15 is 0 Å². The highest BCUT2D eigenvalue weighted by molar-refractivity contribution is 6.31. The number of carbonyl (C=O) groups excluding carboxylic acids is 1. The molecular formula is C21H27Cl2N3O2. The van der Waals surface area contributed by atoms with Crippen molar-refractivity contribution >= 4 is 29.9 Å². The molecule has 1 aromatic carbocycles. The van der Waals surface area contributed by atoms with E-state index in [9.17, 15) is 9.59 Å². The van der Waals surface area contributed by atoms with Gasteiger partial charge in [0.15, 0.2) is 0 Å². The normalized spacial score (nSPS) is 14.4. The van der Waals surface area contributed by atoms with E-state index in [-0.39, 0.29) is 29.9 Å². The molecule has 0 atom stereocenters. The zero-order valence-electron chi connectivity index (χ0n) is 16.1. The van der Waals surface area contributed by atoms with Crippen LogP contribution in [-0.2, 0) is 6.54 Å². The van der Waals surface area contributed by atoms with E-state index in [1.807, 2.05) is 23.1 Å². The van der Waals surface area contributed by atoms with Gasteiger partial charge < -0.3 is 14.8 Å². The highest BCUT2D eigenvalue weighted by atomic mass is 35.5. The summed E-state index contributed by atoms with van der Waals surface area (Å²) in [5.74, 6) is -0.00309. The highest BCUT2D eigenvalue weighted by Gasteiger charge is 2.25. The third kappa shape index (κ3) is 5.37. The lowest BCUT2D eigenvalue weighted by atomic mass is 10.0. The number of amides is 1. The summed E-state index contributed by atoms with van der Waals surface area (Å²) in [6.45, 7) is 5.03. The highest BCUT2D eigenvalue weighted by Crippen LogP contribution is 2.18. The van der Waals surface area contributed by atoms with Gasteiger partial charge in [-0.1, -0.05) is 36.7 Å². The first-order valence-corrected chi connectivity index (χ1v) is 9.93. The minimum absolute atomic E-state index is 0. The Balaban J connectivity index is 0.00000280. The maximum Gasteiger partial charge on any atom is 0.255 e. The lowest BCUT2D eigenvalue weighted by Gasteiger charge is -2.34. The third-order valence-electron chi connectivity index (χ3n) is 5.00. The van der Waals surface area contributed by atoms with E-state index in [4.69, 9.17) is 11.6 Å². The monoisotopic (exact) mass is 423 g/mol. The third-order valence-corrected chi connectivity index (χ3v) is 5.37. The van der Waals surface area contributed by atoms with Crippen molar-refractivity contribution in [1.82, 2.24) is 14.8 Å². The smallest absolute Gasteiger partial charge is 0.255 e. The Kier molecular flexibility index (Phi) is 8.55. The number of pyridine rings is 1. The van der Waals surface area contributed by atoms with Gasteiger partial charge in [0, 0.05) is 29.9 Å². The zero-order valence-corrected chi connectivity index (χ0v) is 17.6. The van der Waals surface area contributed by atoms with E-state index < -0.39 is 0 Å².